The molecule has 0 N–H and O–H groups in total. The van der Waals surface area contributed by atoms with E-state index in [0.29, 0.717) is 5.82 Å². The van der Waals surface area contributed by atoms with Crippen LogP contribution < -0.4 is 0 Å². The molecular formula is C22H18BrN5O. The van der Waals surface area contributed by atoms with Gasteiger partial charge in [-0.3, -0.25) is 4.90 Å². The molecule has 1 aliphatic rings. The third kappa shape index (κ3) is 3.97. The van der Waals surface area contributed by atoms with Crippen molar-refractivity contribution in [2.45, 2.75) is 19.5 Å². The number of hydrogen-bond acceptors (Lipinski definition) is 6. The molecule has 0 fully saturated rings. The zero-order chi connectivity index (χ0) is 19.6. The summed E-state index contributed by atoms with van der Waals surface area (Å²) in [5.41, 5.74) is 4.18. The molecule has 0 aliphatic carbocycles. The Morgan fingerprint density at radius 3 is 2.62 bits per heavy atom. The Bertz CT molecular complexity index is 1130. The molecule has 29 heavy (non-hydrogen) atoms. The topological polar surface area (TPSA) is 67.9 Å². The Kier molecular flexibility index (Phi) is 4.91. The van der Waals surface area contributed by atoms with Crippen molar-refractivity contribution in [3.8, 4) is 22.7 Å². The molecule has 1 aromatic carbocycles. The van der Waals surface area contributed by atoms with Crippen molar-refractivity contribution in [1.82, 2.24) is 24.8 Å². The minimum absolute atomic E-state index is 0.683. The summed E-state index contributed by atoms with van der Waals surface area (Å²) in [4.78, 5) is 19.7. The fraction of sp³-hybridized carbons (Fsp3) is 0.182. The number of nitrogens with zero attached hydrogens (tertiary/aromatic N) is 5. The van der Waals surface area contributed by atoms with E-state index < -0.39 is 0 Å². The molecule has 5 rings (SSSR count). The lowest BCUT2D eigenvalue weighted by Crippen LogP contribution is -2.30. The normalized spacial score (nSPS) is 14.0. The first-order valence-electron chi connectivity index (χ1n) is 9.42. The molecule has 0 saturated heterocycles. The molecule has 0 atom stereocenters. The maximum absolute atomic E-state index is 6.08. The molecule has 0 bridgehead atoms. The van der Waals surface area contributed by atoms with Gasteiger partial charge in [0.15, 0.2) is 5.82 Å². The molecular weight excluding hydrogens is 430 g/mol. The van der Waals surface area contributed by atoms with Crippen LogP contribution in [0.1, 0.15) is 17.0 Å². The fourth-order valence-corrected chi connectivity index (χ4v) is 3.78. The number of aromatic nitrogens is 4. The number of rotatable bonds is 4. The van der Waals surface area contributed by atoms with Crippen LogP contribution in [0.5, 0.6) is 0 Å². The largest absolute Gasteiger partial charge is 0.460 e. The minimum Gasteiger partial charge on any atom is -0.460 e. The molecule has 1 aliphatic heterocycles. The Hall–Kier alpha value is -2.90. The maximum Gasteiger partial charge on any atom is 0.162 e. The summed E-state index contributed by atoms with van der Waals surface area (Å²) < 4.78 is 7.14. The van der Waals surface area contributed by atoms with Crippen molar-refractivity contribution in [1.29, 1.82) is 0 Å². The van der Waals surface area contributed by atoms with Gasteiger partial charge in [0.25, 0.3) is 0 Å². The van der Waals surface area contributed by atoms with Gasteiger partial charge in [0.1, 0.15) is 17.8 Å². The fourth-order valence-electron chi connectivity index (χ4n) is 3.52. The van der Waals surface area contributed by atoms with E-state index in [1.165, 1.54) is 6.33 Å². The van der Waals surface area contributed by atoms with E-state index in [4.69, 9.17) is 9.40 Å². The molecule has 0 unspecified atom stereocenters. The Morgan fingerprint density at radius 1 is 0.966 bits per heavy atom. The van der Waals surface area contributed by atoms with Gasteiger partial charge in [0.2, 0.25) is 0 Å². The zero-order valence-electron chi connectivity index (χ0n) is 15.6. The Morgan fingerprint density at radius 2 is 1.79 bits per heavy atom. The van der Waals surface area contributed by atoms with E-state index in [2.05, 4.69) is 54.0 Å². The molecule has 0 spiro atoms. The lowest BCUT2D eigenvalue weighted by atomic mass is 10.1. The van der Waals surface area contributed by atoms with Crippen LogP contribution in [-0.4, -0.2) is 31.4 Å². The highest BCUT2D eigenvalue weighted by Gasteiger charge is 2.20. The molecule has 7 heteroatoms. The minimum atomic E-state index is 0.683. The van der Waals surface area contributed by atoms with Crippen LogP contribution in [0.4, 0.5) is 0 Å². The molecule has 0 amide bonds. The standard InChI is InChI=1S/C22H18BrN5O/c23-18-3-1-15(2-4-18)21-6-5-19(29-21)13-28-8-7-20-17(12-28)11-26-22(27-20)16-9-24-14-25-10-16/h1-6,9-11,14H,7-8,12-13H2. The molecule has 6 nitrogen and oxygen atoms in total. The second-order valence-electron chi connectivity index (χ2n) is 7.03. The summed E-state index contributed by atoms with van der Waals surface area (Å²) in [6, 6.07) is 12.2. The van der Waals surface area contributed by atoms with Gasteiger partial charge in [-0.2, -0.15) is 0 Å². The van der Waals surface area contributed by atoms with Gasteiger partial charge in [0, 0.05) is 53.7 Å². The van der Waals surface area contributed by atoms with E-state index in [0.717, 1.165) is 64.4 Å². The van der Waals surface area contributed by atoms with Crippen LogP contribution in [0.25, 0.3) is 22.7 Å². The second kappa shape index (κ2) is 7.85. The van der Waals surface area contributed by atoms with Crippen molar-refractivity contribution in [2.75, 3.05) is 6.54 Å². The smallest absolute Gasteiger partial charge is 0.162 e. The highest BCUT2D eigenvalue weighted by atomic mass is 79.9. The predicted octanol–water partition coefficient (Wildman–Crippen LogP) is 4.51. The first-order chi connectivity index (χ1) is 14.2. The van der Waals surface area contributed by atoms with Gasteiger partial charge >= 0.3 is 0 Å². The summed E-state index contributed by atoms with van der Waals surface area (Å²) in [6.45, 7) is 2.52. The molecule has 144 valence electrons. The summed E-state index contributed by atoms with van der Waals surface area (Å²) in [6.07, 6.45) is 7.80. The van der Waals surface area contributed by atoms with Crippen molar-refractivity contribution >= 4 is 15.9 Å². The van der Waals surface area contributed by atoms with E-state index in [9.17, 15) is 0 Å². The number of benzene rings is 1. The third-order valence-electron chi connectivity index (χ3n) is 5.00. The molecule has 4 aromatic rings. The highest BCUT2D eigenvalue weighted by molar-refractivity contribution is 9.10. The number of halogens is 1. The Labute approximate surface area is 176 Å². The van der Waals surface area contributed by atoms with Crippen LogP contribution in [0, 0.1) is 0 Å². The van der Waals surface area contributed by atoms with E-state index >= 15 is 0 Å². The van der Waals surface area contributed by atoms with Gasteiger partial charge < -0.3 is 4.42 Å². The van der Waals surface area contributed by atoms with Gasteiger partial charge in [-0.1, -0.05) is 28.1 Å². The summed E-state index contributed by atoms with van der Waals surface area (Å²) in [5, 5.41) is 0. The summed E-state index contributed by atoms with van der Waals surface area (Å²) in [5.74, 6) is 2.54. The lowest BCUT2D eigenvalue weighted by molar-refractivity contribution is 0.224. The second-order valence-corrected chi connectivity index (χ2v) is 7.94. The SMILES string of the molecule is Brc1ccc(-c2ccc(CN3CCc4nc(-c5cncnc5)ncc4C3)o2)cc1. The van der Waals surface area contributed by atoms with Crippen molar-refractivity contribution in [3.63, 3.8) is 0 Å². The van der Waals surface area contributed by atoms with Crippen molar-refractivity contribution in [2.24, 2.45) is 0 Å². The van der Waals surface area contributed by atoms with Crippen LogP contribution in [0.2, 0.25) is 0 Å². The third-order valence-corrected chi connectivity index (χ3v) is 5.53. The van der Waals surface area contributed by atoms with Crippen LogP contribution in [0.3, 0.4) is 0 Å². The van der Waals surface area contributed by atoms with Gasteiger partial charge in [-0.15, -0.1) is 0 Å². The number of fused-ring (bicyclic) bond motifs is 1. The summed E-state index contributed by atoms with van der Waals surface area (Å²) in [7, 11) is 0. The quantitative estimate of drug-likeness (QED) is 0.458. The van der Waals surface area contributed by atoms with E-state index in [1.54, 1.807) is 12.4 Å². The van der Waals surface area contributed by atoms with E-state index in [1.807, 2.05) is 24.4 Å². The predicted molar refractivity (Wildman–Crippen MR) is 113 cm³/mol. The van der Waals surface area contributed by atoms with Crippen LogP contribution >= 0.6 is 15.9 Å². The monoisotopic (exact) mass is 447 g/mol. The Balaban J connectivity index is 1.29. The van der Waals surface area contributed by atoms with Crippen molar-refractivity contribution in [3.05, 3.63) is 82.8 Å². The molecule has 4 heterocycles. The lowest BCUT2D eigenvalue weighted by Gasteiger charge is -2.27. The van der Waals surface area contributed by atoms with E-state index in [-0.39, 0.29) is 0 Å². The van der Waals surface area contributed by atoms with Gasteiger partial charge in [-0.25, -0.2) is 19.9 Å². The first-order valence-corrected chi connectivity index (χ1v) is 10.2. The number of furan rings is 1. The van der Waals surface area contributed by atoms with Gasteiger partial charge in [0.05, 0.1) is 17.8 Å². The molecule has 0 radical (unpaired) electrons. The van der Waals surface area contributed by atoms with Crippen molar-refractivity contribution < 1.29 is 4.42 Å². The average Bonchev–Trinajstić information content (AvgIpc) is 3.23. The number of hydrogen-bond donors (Lipinski definition) is 0. The summed E-state index contributed by atoms with van der Waals surface area (Å²) >= 11 is 3.47. The van der Waals surface area contributed by atoms with Crippen LogP contribution in [-0.2, 0) is 19.5 Å². The maximum atomic E-state index is 6.08. The molecule has 0 saturated carbocycles. The molecule has 3 aromatic heterocycles. The average molecular weight is 448 g/mol. The van der Waals surface area contributed by atoms with Crippen LogP contribution in [0.15, 0.2) is 70.2 Å². The first kappa shape index (κ1) is 18.1. The zero-order valence-corrected chi connectivity index (χ0v) is 17.2. The van der Waals surface area contributed by atoms with Gasteiger partial charge in [-0.05, 0) is 24.3 Å². The highest BCUT2D eigenvalue weighted by Crippen LogP contribution is 2.26.